The average Bonchev–Trinajstić information content (AvgIpc) is 3.22. The van der Waals surface area contributed by atoms with Crippen molar-refractivity contribution in [2.24, 2.45) is 0 Å². The molecule has 3 aromatic carbocycles. The highest BCUT2D eigenvalue weighted by molar-refractivity contribution is 7.71. The Hall–Kier alpha value is -3.98. The maximum atomic E-state index is 13.2. The van der Waals surface area contributed by atoms with E-state index >= 15 is 0 Å². The van der Waals surface area contributed by atoms with Gasteiger partial charge < -0.3 is 9.47 Å². The molecule has 2 heterocycles. The van der Waals surface area contributed by atoms with Crippen LogP contribution in [0.3, 0.4) is 0 Å². The molecule has 1 N–H and O–H groups in total. The van der Waals surface area contributed by atoms with Crippen LogP contribution in [0.25, 0.3) is 27.2 Å². The lowest BCUT2D eigenvalue weighted by Crippen LogP contribution is -2.24. The zero-order valence-corrected chi connectivity index (χ0v) is 18.9. The second kappa shape index (κ2) is 8.51. The van der Waals surface area contributed by atoms with E-state index in [2.05, 4.69) is 33.5 Å². The van der Waals surface area contributed by atoms with E-state index in [-0.39, 0.29) is 5.56 Å². The Kier molecular flexibility index (Phi) is 5.39. The Bertz CT molecular complexity index is 1600. The number of fused-ring (bicyclic) bond motifs is 2. The molecule has 0 spiro atoms. The van der Waals surface area contributed by atoms with Crippen molar-refractivity contribution in [3.05, 3.63) is 81.7 Å². The zero-order valence-electron chi connectivity index (χ0n) is 18.1. The van der Waals surface area contributed by atoms with Crippen LogP contribution in [-0.2, 0) is 13.0 Å². The summed E-state index contributed by atoms with van der Waals surface area (Å²) in [6, 6.07) is 17.7. The van der Waals surface area contributed by atoms with Gasteiger partial charge in [-0.1, -0.05) is 36.4 Å². The molecule has 0 amide bonds. The smallest absolute Gasteiger partial charge is 0.278 e. The molecule has 5 aromatic rings. The minimum atomic E-state index is -0.255. The molecular weight excluding hydrogens is 438 g/mol. The average molecular weight is 460 g/mol. The van der Waals surface area contributed by atoms with E-state index in [1.807, 2.05) is 28.8 Å². The molecule has 0 saturated carbocycles. The Morgan fingerprint density at radius 3 is 2.64 bits per heavy atom. The molecular formula is C24H21N5O3S. The first kappa shape index (κ1) is 20.9. The largest absolute Gasteiger partial charge is 0.493 e. The number of rotatable bonds is 6. The Balaban J connectivity index is 1.55. The van der Waals surface area contributed by atoms with Crippen LogP contribution in [0.2, 0.25) is 0 Å². The summed E-state index contributed by atoms with van der Waals surface area (Å²) >= 11 is 5.53. The molecule has 0 radical (unpaired) electrons. The second-order valence-corrected chi connectivity index (χ2v) is 7.85. The molecule has 0 aliphatic heterocycles. The molecule has 0 aliphatic rings. The van der Waals surface area contributed by atoms with Crippen molar-refractivity contribution in [2.45, 2.75) is 13.0 Å². The highest BCUT2D eigenvalue weighted by Crippen LogP contribution is 2.32. The van der Waals surface area contributed by atoms with Gasteiger partial charge in [0.25, 0.3) is 5.56 Å². The minimum Gasteiger partial charge on any atom is -0.493 e. The lowest BCUT2D eigenvalue weighted by Gasteiger charge is -2.12. The number of H-pyrrole nitrogens is 1. The molecule has 166 valence electrons. The monoisotopic (exact) mass is 459 g/mol. The van der Waals surface area contributed by atoms with Gasteiger partial charge in [0.15, 0.2) is 16.3 Å². The lowest BCUT2D eigenvalue weighted by molar-refractivity contribution is 0.358. The standard InChI is InChI=1S/C24H21N5O3S/c1-31-19-11-10-16-14-25-28(23(30)21(16)22(19)32-2)13-12-20-26-27-24(33)29(20)18-9-5-7-15-6-3-4-8-17(15)18/h3-11,14H,12-13H2,1-2H3,(H,27,33). The maximum absolute atomic E-state index is 13.2. The van der Waals surface area contributed by atoms with Gasteiger partial charge in [-0.15, -0.1) is 0 Å². The number of aryl methyl sites for hydroxylation is 2. The SMILES string of the molecule is COc1ccc2cnn(CCc3n[nH]c(=S)n3-c3cccc4ccccc34)c(=O)c2c1OC. The van der Waals surface area contributed by atoms with E-state index in [1.54, 1.807) is 25.4 Å². The molecule has 2 aromatic heterocycles. The van der Waals surface area contributed by atoms with Crippen LogP contribution in [0, 0.1) is 4.77 Å². The van der Waals surface area contributed by atoms with Gasteiger partial charge in [0, 0.05) is 17.2 Å². The van der Waals surface area contributed by atoms with Crippen LogP contribution in [0.1, 0.15) is 5.82 Å². The van der Waals surface area contributed by atoms with Gasteiger partial charge >= 0.3 is 0 Å². The summed E-state index contributed by atoms with van der Waals surface area (Å²) in [5, 5.41) is 14.9. The molecule has 33 heavy (non-hydrogen) atoms. The van der Waals surface area contributed by atoms with Crippen molar-refractivity contribution < 1.29 is 9.47 Å². The van der Waals surface area contributed by atoms with E-state index in [0.717, 1.165) is 16.5 Å². The molecule has 0 unspecified atom stereocenters. The third kappa shape index (κ3) is 3.56. The Labute approximate surface area is 194 Å². The second-order valence-electron chi connectivity index (χ2n) is 7.47. The van der Waals surface area contributed by atoms with Crippen molar-refractivity contribution in [3.63, 3.8) is 0 Å². The molecule has 0 fully saturated rings. The predicted octanol–water partition coefficient (Wildman–Crippen LogP) is 4.05. The van der Waals surface area contributed by atoms with E-state index < -0.39 is 0 Å². The number of nitrogens with zero attached hydrogens (tertiary/aromatic N) is 4. The molecule has 0 bridgehead atoms. The van der Waals surface area contributed by atoms with Gasteiger partial charge in [0.05, 0.1) is 38.0 Å². The van der Waals surface area contributed by atoms with Crippen LogP contribution in [0.15, 0.2) is 65.6 Å². The number of aromatic amines is 1. The van der Waals surface area contributed by atoms with Crippen molar-refractivity contribution in [1.29, 1.82) is 0 Å². The number of aromatic nitrogens is 5. The summed E-state index contributed by atoms with van der Waals surface area (Å²) in [6.45, 7) is 0.319. The molecule has 9 heteroatoms. The maximum Gasteiger partial charge on any atom is 0.278 e. The van der Waals surface area contributed by atoms with Crippen LogP contribution in [0.5, 0.6) is 11.5 Å². The number of nitrogens with one attached hydrogen (secondary N) is 1. The van der Waals surface area contributed by atoms with Gasteiger partial charge in [-0.3, -0.25) is 14.5 Å². The summed E-state index contributed by atoms with van der Waals surface area (Å²) in [5.74, 6) is 1.61. The first-order valence-corrected chi connectivity index (χ1v) is 10.8. The first-order chi connectivity index (χ1) is 16.1. The quantitative estimate of drug-likeness (QED) is 0.386. The summed E-state index contributed by atoms with van der Waals surface area (Å²) in [5.41, 5.74) is 0.682. The number of hydrogen-bond acceptors (Lipinski definition) is 6. The molecule has 0 atom stereocenters. The predicted molar refractivity (Wildman–Crippen MR) is 129 cm³/mol. The van der Waals surface area contributed by atoms with E-state index in [0.29, 0.717) is 45.8 Å². The molecule has 0 aliphatic carbocycles. The van der Waals surface area contributed by atoms with Gasteiger partial charge in [0.1, 0.15) is 5.82 Å². The zero-order chi connectivity index (χ0) is 22.9. The summed E-state index contributed by atoms with van der Waals surface area (Å²) in [4.78, 5) is 13.2. The molecule has 0 saturated heterocycles. The highest BCUT2D eigenvalue weighted by Gasteiger charge is 2.16. The van der Waals surface area contributed by atoms with Crippen LogP contribution >= 0.6 is 12.2 Å². The normalized spacial score (nSPS) is 11.2. The van der Waals surface area contributed by atoms with Crippen molar-refractivity contribution >= 4 is 33.8 Å². The lowest BCUT2D eigenvalue weighted by atomic mass is 10.1. The summed E-state index contributed by atoms with van der Waals surface area (Å²) in [7, 11) is 3.06. The fourth-order valence-electron chi connectivity index (χ4n) is 4.10. The number of ether oxygens (including phenoxy) is 2. The first-order valence-electron chi connectivity index (χ1n) is 10.4. The van der Waals surface area contributed by atoms with E-state index in [9.17, 15) is 4.79 Å². The van der Waals surface area contributed by atoms with Crippen LogP contribution < -0.4 is 15.0 Å². The van der Waals surface area contributed by atoms with Crippen molar-refractivity contribution in [3.8, 4) is 17.2 Å². The summed E-state index contributed by atoms with van der Waals surface area (Å²) < 4.78 is 14.6. The number of benzene rings is 3. The Morgan fingerprint density at radius 1 is 1.00 bits per heavy atom. The van der Waals surface area contributed by atoms with Gasteiger partial charge in [0.2, 0.25) is 0 Å². The van der Waals surface area contributed by atoms with Crippen molar-refractivity contribution in [2.75, 3.05) is 14.2 Å². The topological polar surface area (TPSA) is 87.0 Å². The number of hydrogen-bond donors (Lipinski definition) is 1. The molecule has 8 nitrogen and oxygen atoms in total. The third-order valence-corrected chi connectivity index (χ3v) is 5.93. The van der Waals surface area contributed by atoms with Gasteiger partial charge in [-0.25, -0.2) is 4.68 Å². The molecule has 5 rings (SSSR count). The van der Waals surface area contributed by atoms with Crippen molar-refractivity contribution in [1.82, 2.24) is 24.5 Å². The third-order valence-electron chi connectivity index (χ3n) is 5.66. The number of methoxy groups -OCH3 is 2. The van der Waals surface area contributed by atoms with Gasteiger partial charge in [-0.05, 0) is 35.8 Å². The van der Waals surface area contributed by atoms with Crippen LogP contribution in [0.4, 0.5) is 0 Å². The summed E-state index contributed by atoms with van der Waals surface area (Å²) in [6.07, 6.45) is 2.10. The fraction of sp³-hybridized carbons (Fsp3) is 0.167. The van der Waals surface area contributed by atoms with E-state index in [4.69, 9.17) is 21.7 Å². The minimum absolute atomic E-state index is 0.255. The highest BCUT2D eigenvalue weighted by atomic mass is 32.1. The Morgan fingerprint density at radius 2 is 1.82 bits per heavy atom. The van der Waals surface area contributed by atoms with Gasteiger partial charge in [-0.2, -0.15) is 10.2 Å². The fourth-order valence-corrected chi connectivity index (χ4v) is 4.35. The van der Waals surface area contributed by atoms with E-state index in [1.165, 1.54) is 11.8 Å². The van der Waals surface area contributed by atoms with Crippen LogP contribution in [-0.4, -0.2) is 38.8 Å².